The third-order valence-corrected chi connectivity index (χ3v) is 11.1. The third kappa shape index (κ3) is 3.47. The van der Waals surface area contributed by atoms with E-state index in [2.05, 4.69) is 179 Å². The van der Waals surface area contributed by atoms with Gasteiger partial charge in [-0.15, -0.1) is 0 Å². The summed E-state index contributed by atoms with van der Waals surface area (Å²) in [4.78, 5) is 0. The van der Waals surface area contributed by atoms with Gasteiger partial charge in [0.05, 0.1) is 22.1 Å². The lowest BCUT2D eigenvalue weighted by molar-refractivity contribution is 1.19. The van der Waals surface area contributed by atoms with Crippen LogP contribution >= 0.6 is 0 Å². The number of rotatable bonds is 3. The highest BCUT2D eigenvalue weighted by Gasteiger charge is 2.18. The van der Waals surface area contributed by atoms with Crippen LogP contribution in [0.1, 0.15) is 0 Å². The highest BCUT2D eigenvalue weighted by Crippen LogP contribution is 2.41. The Morgan fingerprint density at radius 2 is 0.540 bits per heavy atom. The molecule has 0 bridgehead atoms. The molecule has 0 atom stereocenters. The standard InChI is InChI=1S/C48H28N2/c1-5-29-13-14-30-6-2-10-42-46(30)45(29)41(9-1)49(42)39-23-21-35-25-33(17-19-37(35)27-39)34-18-20-38-28-40(24-22-36(38)26-34)50-43-11-3-7-31-15-16-32-8-4-12-44(50)48(32)47(31)43/h1-28H. The van der Waals surface area contributed by atoms with E-state index in [1.807, 2.05) is 0 Å². The fourth-order valence-electron chi connectivity index (χ4n) is 8.90. The molecule has 0 aliphatic rings. The Balaban J connectivity index is 0.947. The molecule has 0 fully saturated rings. The van der Waals surface area contributed by atoms with Gasteiger partial charge in [0.15, 0.2) is 0 Å². The molecule has 0 radical (unpaired) electrons. The molecule has 0 amide bonds. The van der Waals surface area contributed by atoms with Crippen LogP contribution in [-0.2, 0) is 0 Å². The van der Waals surface area contributed by atoms with E-state index in [4.69, 9.17) is 0 Å². The normalized spacial score (nSPS) is 12.4. The van der Waals surface area contributed by atoms with Crippen molar-refractivity contribution in [2.75, 3.05) is 0 Å². The van der Waals surface area contributed by atoms with Crippen LogP contribution in [0, 0.1) is 0 Å². The predicted molar refractivity (Wildman–Crippen MR) is 213 cm³/mol. The van der Waals surface area contributed by atoms with Gasteiger partial charge in [0.25, 0.3) is 0 Å². The zero-order valence-corrected chi connectivity index (χ0v) is 27.1. The summed E-state index contributed by atoms with van der Waals surface area (Å²) in [5, 5.41) is 15.5. The van der Waals surface area contributed by atoms with Crippen LogP contribution in [0.4, 0.5) is 0 Å². The van der Waals surface area contributed by atoms with Crippen LogP contribution in [0.3, 0.4) is 0 Å². The second kappa shape index (κ2) is 9.49. The van der Waals surface area contributed by atoms with Gasteiger partial charge in [-0.05, 0) is 115 Å². The summed E-state index contributed by atoms with van der Waals surface area (Å²) in [6.07, 6.45) is 0. The number of fused-ring (bicyclic) bond motifs is 2. The smallest absolute Gasteiger partial charge is 0.0547 e. The molecule has 230 valence electrons. The first kappa shape index (κ1) is 26.3. The second-order valence-corrected chi connectivity index (χ2v) is 13.8. The SMILES string of the molecule is c1cc2ccc3cccc4c3c2c(c1)n4-c1ccc2cc(-c3ccc4cc(-n5c6cccc7ccc8cccc5c8c76)ccc4c3)ccc2c1. The minimum atomic E-state index is 1.19. The van der Waals surface area contributed by atoms with E-state index in [0.29, 0.717) is 0 Å². The third-order valence-electron chi connectivity index (χ3n) is 11.1. The molecule has 10 aromatic carbocycles. The van der Waals surface area contributed by atoms with Crippen LogP contribution in [-0.4, -0.2) is 9.13 Å². The lowest BCUT2D eigenvalue weighted by Gasteiger charge is -2.12. The fraction of sp³-hybridized carbons (Fsp3) is 0. The maximum Gasteiger partial charge on any atom is 0.0547 e. The van der Waals surface area contributed by atoms with Crippen LogP contribution < -0.4 is 0 Å². The van der Waals surface area contributed by atoms with Gasteiger partial charge < -0.3 is 9.13 Å². The minimum absolute atomic E-state index is 1.19. The average molecular weight is 633 g/mol. The van der Waals surface area contributed by atoms with Gasteiger partial charge in [0, 0.05) is 32.9 Å². The van der Waals surface area contributed by atoms with Crippen molar-refractivity contribution in [3.05, 3.63) is 170 Å². The Hall–Kier alpha value is -6.64. The lowest BCUT2D eigenvalue weighted by atomic mass is 9.98. The molecule has 0 N–H and O–H groups in total. The predicted octanol–water partition coefficient (Wildman–Crippen LogP) is 13.0. The molecule has 2 nitrogen and oxygen atoms in total. The minimum Gasteiger partial charge on any atom is -0.309 e. The Kier molecular flexibility index (Phi) is 5.00. The van der Waals surface area contributed by atoms with Crippen molar-refractivity contribution in [3.8, 4) is 22.5 Å². The zero-order chi connectivity index (χ0) is 32.5. The molecule has 12 aromatic rings. The summed E-state index contributed by atoms with van der Waals surface area (Å²) in [5.74, 6) is 0. The number of nitrogens with zero attached hydrogens (tertiary/aromatic N) is 2. The van der Waals surface area contributed by atoms with Crippen molar-refractivity contribution in [3.63, 3.8) is 0 Å². The van der Waals surface area contributed by atoms with Gasteiger partial charge in [-0.25, -0.2) is 0 Å². The topological polar surface area (TPSA) is 9.86 Å². The fourth-order valence-corrected chi connectivity index (χ4v) is 8.90. The maximum absolute atomic E-state index is 2.43. The first-order valence-corrected chi connectivity index (χ1v) is 17.3. The van der Waals surface area contributed by atoms with Crippen molar-refractivity contribution in [1.29, 1.82) is 0 Å². The van der Waals surface area contributed by atoms with Crippen molar-refractivity contribution in [2.45, 2.75) is 0 Å². The molecule has 50 heavy (non-hydrogen) atoms. The lowest BCUT2D eigenvalue weighted by Crippen LogP contribution is -1.94. The van der Waals surface area contributed by atoms with Crippen LogP contribution in [0.5, 0.6) is 0 Å². The maximum atomic E-state index is 2.43. The van der Waals surface area contributed by atoms with E-state index in [1.54, 1.807) is 0 Å². The van der Waals surface area contributed by atoms with Crippen molar-refractivity contribution >= 4 is 86.7 Å². The molecular formula is C48H28N2. The number of aromatic nitrogens is 2. The van der Waals surface area contributed by atoms with E-state index < -0.39 is 0 Å². The largest absolute Gasteiger partial charge is 0.309 e. The summed E-state index contributed by atoms with van der Waals surface area (Å²) < 4.78 is 4.86. The van der Waals surface area contributed by atoms with Crippen LogP contribution in [0.15, 0.2) is 170 Å². The first-order chi connectivity index (χ1) is 24.8. The Morgan fingerprint density at radius 3 is 0.900 bits per heavy atom. The van der Waals surface area contributed by atoms with E-state index in [9.17, 15) is 0 Å². The zero-order valence-electron chi connectivity index (χ0n) is 27.1. The summed E-state index contributed by atoms with van der Waals surface area (Å²) >= 11 is 0. The highest BCUT2D eigenvalue weighted by molar-refractivity contribution is 6.25. The molecule has 12 rings (SSSR count). The number of benzene rings is 10. The molecule has 0 unspecified atom stereocenters. The molecule has 0 aliphatic carbocycles. The van der Waals surface area contributed by atoms with Crippen LogP contribution in [0.2, 0.25) is 0 Å². The van der Waals surface area contributed by atoms with Crippen molar-refractivity contribution < 1.29 is 0 Å². The second-order valence-electron chi connectivity index (χ2n) is 13.8. The molecule has 0 aliphatic heterocycles. The van der Waals surface area contributed by atoms with Gasteiger partial charge in [-0.1, -0.05) is 109 Å². The Morgan fingerprint density at radius 1 is 0.240 bits per heavy atom. The molecule has 0 saturated carbocycles. The highest BCUT2D eigenvalue weighted by atomic mass is 15.0. The average Bonchev–Trinajstić information content (AvgIpc) is 3.70. The van der Waals surface area contributed by atoms with E-state index in [0.717, 1.165) is 0 Å². The summed E-state index contributed by atoms with van der Waals surface area (Å²) in [5.41, 5.74) is 9.87. The van der Waals surface area contributed by atoms with Crippen molar-refractivity contribution in [2.24, 2.45) is 0 Å². The molecule has 2 heterocycles. The summed E-state index contributed by atoms with van der Waals surface area (Å²) in [6, 6.07) is 63.1. The van der Waals surface area contributed by atoms with E-state index in [1.165, 1.54) is 109 Å². The van der Waals surface area contributed by atoms with Gasteiger partial charge in [-0.2, -0.15) is 0 Å². The first-order valence-electron chi connectivity index (χ1n) is 17.3. The van der Waals surface area contributed by atoms with Crippen LogP contribution in [0.25, 0.3) is 109 Å². The molecular weight excluding hydrogens is 605 g/mol. The monoisotopic (exact) mass is 632 g/mol. The van der Waals surface area contributed by atoms with Gasteiger partial charge in [-0.3, -0.25) is 0 Å². The van der Waals surface area contributed by atoms with E-state index in [-0.39, 0.29) is 0 Å². The van der Waals surface area contributed by atoms with Gasteiger partial charge in [0.1, 0.15) is 0 Å². The molecule has 2 aromatic heterocycles. The van der Waals surface area contributed by atoms with E-state index >= 15 is 0 Å². The number of hydrogen-bond acceptors (Lipinski definition) is 0. The molecule has 0 saturated heterocycles. The molecule has 2 heteroatoms. The van der Waals surface area contributed by atoms with Gasteiger partial charge in [0.2, 0.25) is 0 Å². The Labute approximate surface area is 287 Å². The number of hydrogen-bond donors (Lipinski definition) is 0. The summed E-state index contributed by atoms with van der Waals surface area (Å²) in [6.45, 7) is 0. The quantitative estimate of drug-likeness (QED) is 0.172. The summed E-state index contributed by atoms with van der Waals surface area (Å²) in [7, 11) is 0. The van der Waals surface area contributed by atoms with Gasteiger partial charge >= 0.3 is 0 Å². The molecule has 0 spiro atoms. The van der Waals surface area contributed by atoms with Crippen molar-refractivity contribution in [1.82, 2.24) is 9.13 Å². The Bertz CT molecular complexity index is 2960.